The summed E-state index contributed by atoms with van der Waals surface area (Å²) in [5, 5.41) is 3.57. The molecule has 1 N–H and O–H groups in total. The van der Waals surface area contributed by atoms with Crippen molar-refractivity contribution >= 4 is 0 Å². The first kappa shape index (κ1) is 13.0. The first-order valence-corrected chi connectivity index (χ1v) is 7.82. The largest absolute Gasteiger partial charge is 0.493 e. The van der Waals surface area contributed by atoms with Crippen LogP contribution in [0, 0.1) is 5.92 Å². The summed E-state index contributed by atoms with van der Waals surface area (Å²) in [6.07, 6.45) is 9.39. The molecular formula is C17H25NO. The van der Waals surface area contributed by atoms with E-state index in [4.69, 9.17) is 4.74 Å². The lowest BCUT2D eigenvalue weighted by atomic mass is 9.86. The Balaban J connectivity index is 1.87. The smallest absolute Gasteiger partial charge is 0.127 e. The van der Waals surface area contributed by atoms with Crippen molar-refractivity contribution < 1.29 is 4.74 Å². The fraction of sp³-hybridized carbons (Fsp3) is 0.647. The Morgan fingerprint density at radius 2 is 1.95 bits per heavy atom. The molecule has 0 saturated heterocycles. The highest BCUT2D eigenvalue weighted by atomic mass is 16.5. The Morgan fingerprint density at radius 3 is 2.68 bits per heavy atom. The highest BCUT2D eigenvalue weighted by Crippen LogP contribution is 2.40. The topological polar surface area (TPSA) is 21.3 Å². The van der Waals surface area contributed by atoms with Crippen molar-refractivity contribution in [2.75, 3.05) is 13.7 Å². The number of para-hydroxylation sites is 1. The molecule has 1 aromatic rings. The lowest BCUT2D eigenvalue weighted by molar-refractivity contribution is 0.315. The molecule has 1 aliphatic carbocycles. The molecule has 0 amide bonds. The molecule has 0 bridgehead atoms. The first-order valence-electron chi connectivity index (χ1n) is 7.82. The van der Waals surface area contributed by atoms with E-state index in [0.29, 0.717) is 6.04 Å². The number of ether oxygens (including phenoxy) is 1. The quantitative estimate of drug-likeness (QED) is 0.832. The maximum absolute atomic E-state index is 5.89. The van der Waals surface area contributed by atoms with Gasteiger partial charge >= 0.3 is 0 Å². The molecule has 1 saturated carbocycles. The molecule has 1 aliphatic heterocycles. The van der Waals surface area contributed by atoms with Crippen LogP contribution in [-0.4, -0.2) is 13.7 Å². The first-order chi connectivity index (χ1) is 9.40. The lowest BCUT2D eigenvalue weighted by Gasteiger charge is -2.27. The summed E-state index contributed by atoms with van der Waals surface area (Å²) in [5.74, 6) is 1.94. The summed E-state index contributed by atoms with van der Waals surface area (Å²) in [5.41, 5.74) is 2.79. The average Bonchev–Trinajstić information content (AvgIpc) is 2.76. The van der Waals surface area contributed by atoms with Gasteiger partial charge in [0.2, 0.25) is 0 Å². The van der Waals surface area contributed by atoms with Gasteiger partial charge in [0.1, 0.15) is 5.75 Å². The van der Waals surface area contributed by atoms with Crippen LogP contribution in [0.25, 0.3) is 0 Å². The van der Waals surface area contributed by atoms with E-state index in [1.165, 1.54) is 55.4 Å². The highest BCUT2D eigenvalue weighted by Gasteiger charge is 2.27. The van der Waals surface area contributed by atoms with E-state index in [-0.39, 0.29) is 0 Å². The Labute approximate surface area is 116 Å². The van der Waals surface area contributed by atoms with Gasteiger partial charge in [0.05, 0.1) is 6.61 Å². The van der Waals surface area contributed by atoms with Crippen LogP contribution < -0.4 is 10.1 Å². The molecule has 1 atom stereocenters. The molecule has 1 aromatic carbocycles. The molecule has 2 aliphatic rings. The van der Waals surface area contributed by atoms with Crippen molar-refractivity contribution in [2.45, 2.75) is 51.0 Å². The van der Waals surface area contributed by atoms with Crippen LogP contribution in [0.1, 0.15) is 55.7 Å². The van der Waals surface area contributed by atoms with Gasteiger partial charge in [0, 0.05) is 18.0 Å². The fourth-order valence-corrected chi connectivity index (χ4v) is 3.77. The van der Waals surface area contributed by atoms with Crippen molar-refractivity contribution in [3.63, 3.8) is 0 Å². The summed E-state index contributed by atoms with van der Waals surface area (Å²) < 4.78 is 5.89. The zero-order chi connectivity index (χ0) is 13.1. The number of fused-ring (bicyclic) bond motifs is 1. The van der Waals surface area contributed by atoms with Crippen molar-refractivity contribution in [1.29, 1.82) is 0 Å². The van der Waals surface area contributed by atoms with Gasteiger partial charge in [0.15, 0.2) is 0 Å². The Kier molecular flexibility index (Phi) is 4.07. The molecular weight excluding hydrogens is 234 g/mol. The predicted molar refractivity (Wildman–Crippen MR) is 78.6 cm³/mol. The fourth-order valence-electron chi connectivity index (χ4n) is 3.77. The molecule has 1 heterocycles. The van der Waals surface area contributed by atoms with Gasteiger partial charge in [-0.3, -0.25) is 0 Å². The highest BCUT2D eigenvalue weighted by molar-refractivity contribution is 5.45. The SMILES string of the molecule is CNC(c1cccc2c1OCC2)C1CCCCCC1. The maximum Gasteiger partial charge on any atom is 0.127 e. The van der Waals surface area contributed by atoms with Crippen molar-refractivity contribution in [2.24, 2.45) is 5.92 Å². The number of benzene rings is 1. The number of hydrogen-bond donors (Lipinski definition) is 1. The summed E-state index contributed by atoms with van der Waals surface area (Å²) in [6.45, 7) is 0.855. The third kappa shape index (κ3) is 2.64. The standard InChI is InChI=1S/C17H25NO/c1-18-16(13-7-4-2-3-5-8-13)15-10-6-9-14-11-12-19-17(14)15/h6,9-10,13,16,18H,2-5,7-8,11-12H2,1H3. The number of rotatable bonds is 3. The second-order valence-corrected chi connectivity index (χ2v) is 5.95. The normalized spacial score (nSPS) is 21.5. The molecule has 1 unspecified atom stereocenters. The Hall–Kier alpha value is -1.02. The van der Waals surface area contributed by atoms with E-state index >= 15 is 0 Å². The van der Waals surface area contributed by atoms with E-state index in [9.17, 15) is 0 Å². The minimum atomic E-state index is 0.464. The second-order valence-electron chi connectivity index (χ2n) is 5.95. The van der Waals surface area contributed by atoms with Gasteiger partial charge in [-0.2, -0.15) is 0 Å². The van der Waals surface area contributed by atoms with Crippen LogP contribution in [0.2, 0.25) is 0 Å². The van der Waals surface area contributed by atoms with E-state index in [2.05, 4.69) is 30.6 Å². The van der Waals surface area contributed by atoms with E-state index in [0.717, 1.165) is 18.9 Å². The van der Waals surface area contributed by atoms with Gasteiger partial charge in [0.25, 0.3) is 0 Å². The summed E-state index contributed by atoms with van der Waals surface area (Å²) >= 11 is 0. The van der Waals surface area contributed by atoms with Gasteiger partial charge in [-0.05, 0) is 31.4 Å². The van der Waals surface area contributed by atoms with Gasteiger partial charge in [-0.15, -0.1) is 0 Å². The maximum atomic E-state index is 5.89. The summed E-state index contributed by atoms with van der Waals surface area (Å²) in [7, 11) is 2.10. The monoisotopic (exact) mass is 259 g/mol. The molecule has 0 radical (unpaired) electrons. The van der Waals surface area contributed by atoms with Gasteiger partial charge < -0.3 is 10.1 Å². The minimum absolute atomic E-state index is 0.464. The van der Waals surface area contributed by atoms with Gasteiger partial charge in [-0.25, -0.2) is 0 Å². The van der Waals surface area contributed by atoms with Gasteiger partial charge in [-0.1, -0.05) is 43.9 Å². The third-order valence-corrected chi connectivity index (χ3v) is 4.76. The molecule has 1 fully saturated rings. The van der Waals surface area contributed by atoms with Crippen molar-refractivity contribution in [3.8, 4) is 5.75 Å². The van der Waals surface area contributed by atoms with Crippen molar-refractivity contribution in [1.82, 2.24) is 5.32 Å². The Bertz CT molecular complexity index is 421. The molecule has 2 heteroatoms. The summed E-state index contributed by atoms with van der Waals surface area (Å²) in [4.78, 5) is 0. The zero-order valence-corrected chi connectivity index (χ0v) is 12.0. The van der Waals surface area contributed by atoms with Crippen LogP contribution in [0.15, 0.2) is 18.2 Å². The average molecular weight is 259 g/mol. The molecule has 0 spiro atoms. The van der Waals surface area contributed by atoms with Crippen LogP contribution in [0.4, 0.5) is 0 Å². The van der Waals surface area contributed by atoms with Crippen LogP contribution in [0.3, 0.4) is 0 Å². The summed E-state index contributed by atoms with van der Waals surface area (Å²) in [6, 6.07) is 7.14. The molecule has 2 nitrogen and oxygen atoms in total. The second kappa shape index (κ2) is 5.96. The van der Waals surface area contributed by atoms with Crippen LogP contribution in [0.5, 0.6) is 5.75 Å². The minimum Gasteiger partial charge on any atom is -0.493 e. The molecule has 3 rings (SSSR count). The van der Waals surface area contributed by atoms with Crippen LogP contribution >= 0.6 is 0 Å². The molecule has 19 heavy (non-hydrogen) atoms. The molecule has 104 valence electrons. The lowest BCUT2D eigenvalue weighted by Crippen LogP contribution is -2.25. The Morgan fingerprint density at radius 1 is 1.16 bits per heavy atom. The van der Waals surface area contributed by atoms with Crippen LogP contribution in [-0.2, 0) is 6.42 Å². The third-order valence-electron chi connectivity index (χ3n) is 4.76. The van der Waals surface area contributed by atoms with Crippen molar-refractivity contribution in [3.05, 3.63) is 29.3 Å². The number of hydrogen-bond acceptors (Lipinski definition) is 2. The number of nitrogens with one attached hydrogen (secondary N) is 1. The predicted octanol–water partition coefficient (Wildman–Crippen LogP) is 3.85. The van der Waals surface area contributed by atoms with E-state index < -0.39 is 0 Å². The van der Waals surface area contributed by atoms with E-state index in [1.807, 2.05) is 0 Å². The van der Waals surface area contributed by atoms with E-state index in [1.54, 1.807) is 0 Å². The molecule has 0 aromatic heterocycles. The zero-order valence-electron chi connectivity index (χ0n) is 12.0.